The summed E-state index contributed by atoms with van der Waals surface area (Å²) < 4.78 is 5.45. The Morgan fingerprint density at radius 2 is 2.00 bits per heavy atom. The fourth-order valence-electron chi connectivity index (χ4n) is 3.03. The second-order valence-electron chi connectivity index (χ2n) is 5.78. The van der Waals surface area contributed by atoms with E-state index < -0.39 is 11.6 Å². The van der Waals surface area contributed by atoms with Gasteiger partial charge in [0.1, 0.15) is 11.6 Å². The smallest absolute Gasteiger partial charge is 0.248 e. The zero-order valence-corrected chi connectivity index (χ0v) is 11.5. The van der Waals surface area contributed by atoms with Gasteiger partial charge in [-0.05, 0) is 40.0 Å². The zero-order valence-electron chi connectivity index (χ0n) is 11.5. The maximum Gasteiger partial charge on any atom is 0.248 e. The number of rotatable bonds is 2. The largest absolute Gasteiger partial charge is 0.379 e. The molecule has 2 rings (SSSR count). The highest BCUT2D eigenvalue weighted by Crippen LogP contribution is 2.31. The SMILES string of the molecule is COC1CCCC1N1C(=O)C(C)(C)NC(=O)C1C. The molecule has 2 aliphatic rings. The summed E-state index contributed by atoms with van der Waals surface area (Å²) in [7, 11) is 1.67. The predicted molar refractivity (Wildman–Crippen MR) is 67.0 cm³/mol. The average molecular weight is 254 g/mol. The topological polar surface area (TPSA) is 58.6 Å². The number of amides is 2. The molecule has 0 bridgehead atoms. The molecule has 5 nitrogen and oxygen atoms in total. The van der Waals surface area contributed by atoms with Crippen LogP contribution >= 0.6 is 0 Å². The quantitative estimate of drug-likeness (QED) is 0.788. The molecule has 0 aromatic heterocycles. The predicted octanol–water partition coefficient (Wildman–Crippen LogP) is 0.679. The second kappa shape index (κ2) is 4.53. The molecule has 3 unspecified atom stereocenters. The van der Waals surface area contributed by atoms with Gasteiger partial charge in [-0.3, -0.25) is 9.59 Å². The van der Waals surface area contributed by atoms with Crippen LogP contribution in [0, 0.1) is 0 Å². The van der Waals surface area contributed by atoms with Crippen molar-refractivity contribution >= 4 is 11.8 Å². The van der Waals surface area contributed by atoms with Crippen molar-refractivity contribution in [3.05, 3.63) is 0 Å². The highest BCUT2D eigenvalue weighted by atomic mass is 16.5. The van der Waals surface area contributed by atoms with Gasteiger partial charge in [-0.15, -0.1) is 0 Å². The van der Waals surface area contributed by atoms with Crippen molar-refractivity contribution in [2.24, 2.45) is 0 Å². The first-order valence-electron chi connectivity index (χ1n) is 6.56. The fourth-order valence-corrected chi connectivity index (χ4v) is 3.03. The molecule has 1 aliphatic heterocycles. The first kappa shape index (κ1) is 13.3. The molecule has 0 aromatic carbocycles. The van der Waals surface area contributed by atoms with E-state index in [-0.39, 0.29) is 24.0 Å². The van der Waals surface area contributed by atoms with E-state index in [1.807, 2.05) is 0 Å². The van der Waals surface area contributed by atoms with Crippen LogP contribution in [0.3, 0.4) is 0 Å². The summed E-state index contributed by atoms with van der Waals surface area (Å²) in [6.45, 7) is 5.29. The molecule has 1 N–H and O–H groups in total. The molecule has 1 aliphatic carbocycles. The Bertz CT molecular complexity index is 367. The Morgan fingerprint density at radius 3 is 2.61 bits per heavy atom. The van der Waals surface area contributed by atoms with Gasteiger partial charge in [-0.25, -0.2) is 0 Å². The molecule has 3 atom stereocenters. The minimum atomic E-state index is -0.815. The minimum Gasteiger partial charge on any atom is -0.379 e. The average Bonchev–Trinajstić information content (AvgIpc) is 2.75. The molecular formula is C13H22N2O3. The Kier molecular flexibility index (Phi) is 3.36. The van der Waals surface area contributed by atoms with Gasteiger partial charge in [-0.2, -0.15) is 0 Å². The van der Waals surface area contributed by atoms with Gasteiger partial charge < -0.3 is 15.0 Å². The first-order valence-corrected chi connectivity index (χ1v) is 6.56. The molecule has 18 heavy (non-hydrogen) atoms. The van der Waals surface area contributed by atoms with Crippen molar-refractivity contribution in [2.75, 3.05) is 7.11 Å². The maximum atomic E-state index is 12.5. The normalized spacial score (nSPS) is 35.8. The fraction of sp³-hybridized carbons (Fsp3) is 0.846. The highest BCUT2D eigenvalue weighted by Gasteiger charge is 2.48. The highest BCUT2D eigenvalue weighted by molar-refractivity contribution is 5.99. The lowest BCUT2D eigenvalue weighted by molar-refractivity contribution is -0.158. The lowest BCUT2D eigenvalue weighted by Crippen LogP contribution is -2.70. The maximum absolute atomic E-state index is 12.5. The van der Waals surface area contributed by atoms with E-state index in [1.54, 1.807) is 32.8 Å². The van der Waals surface area contributed by atoms with Crippen molar-refractivity contribution in [1.29, 1.82) is 0 Å². The number of nitrogens with zero attached hydrogens (tertiary/aromatic N) is 1. The molecule has 2 fully saturated rings. The molecule has 1 heterocycles. The first-order chi connectivity index (χ1) is 8.38. The van der Waals surface area contributed by atoms with Crippen LogP contribution in [0.25, 0.3) is 0 Å². The Morgan fingerprint density at radius 1 is 1.33 bits per heavy atom. The van der Waals surface area contributed by atoms with Gasteiger partial charge >= 0.3 is 0 Å². The van der Waals surface area contributed by atoms with E-state index in [4.69, 9.17) is 4.74 Å². The summed E-state index contributed by atoms with van der Waals surface area (Å²) >= 11 is 0. The van der Waals surface area contributed by atoms with Crippen LogP contribution in [0.1, 0.15) is 40.0 Å². The van der Waals surface area contributed by atoms with Crippen molar-refractivity contribution in [1.82, 2.24) is 10.2 Å². The van der Waals surface area contributed by atoms with Crippen molar-refractivity contribution in [2.45, 2.75) is 63.8 Å². The van der Waals surface area contributed by atoms with E-state index in [9.17, 15) is 9.59 Å². The summed E-state index contributed by atoms with van der Waals surface area (Å²) in [4.78, 5) is 26.2. The summed E-state index contributed by atoms with van der Waals surface area (Å²) in [6.07, 6.45) is 2.97. The number of hydrogen-bond donors (Lipinski definition) is 1. The van der Waals surface area contributed by atoms with Crippen molar-refractivity contribution in [3.63, 3.8) is 0 Å². The molecular weight excluding hydrogens is 232 g/mol. The Balaban J connectivity index is 2.28. The van der Waals surface area contributed by atoms with Crippen LogP contribution in [-0.4, -0.2) is 47.6 Å². The van der Waals surface area contributed by atoms with Crippen LogP contribution in [0.2, 0.25) is 0 Å². The summed E-state index contributed by atoms with van der Waals surface area (Å²) in [5.74, 6) is -0.0927. The number of carbonyl (C=O) groups excluding carboxylic acids is 2. The summed E-state index contributed by atoms with van der Waals surface area (Å²) in [5.41, 5.74) is -0.815. The lowest BCUT2D eigenvalue weighted by Gasteiger charge is -2.45. The van der Waals surface area contributed by atoms with Crippen LogP contribution < -0.4 is 5.32 Å². The van der Waals surface area contributed by atoms with Crippen LogP contribution in [0.15, 0.2) is 0 Å². The van der Waals surface area contributed by atoms with Crippen LogP contribution in [0.4, 0.5) is 0 Å². The molecule has 2 amide bonds. The van der Waals surface area contributed by atoms with Crippen molar-refractivity contribution in [3.8, 4) is 0 Å². The second-order valence-corrected chi connectivity index (χ2v) is 5.78. The Labute approximate surface area is 108 Å². The summed E-state index contributed by atoms with van der Waals surface area (Å²) in [6, 6.07) is -0.380. The van der Waals surface area contributed by atoms with Crippen LogP contribution in [0.5, 0.6) is 0 Å². The summed E-state index contributed by atoms with van der Waals surface area (Å²) in [5, 5.41) is 2.77. The number of nitrogens with one attached hydrogen (secondary N) is 1. The van der Waals surface area contributed by atoms with E-state index in [1.165, 1.54) is 0 Å². The molecule has 5 heteroatoms. The molecule has 0 spiro atoms. The number of methoxy groups -OCH3 is 1. The van der Waals surface area contributed by atoms with Crippen molar-refractivity contribution < 1.29 is 14.3 Å². The van der Waals surface area contributed by atoms with E-state index in [0.29, 0.717) is 0 Å². The minimum absolute atomic E-state index is 0.0106. The zero-order chi connectivity index (χ0) is 13.5. The van der Waals surface area contributed by atoms with Gasteiger partial charge in [0.2, 0.25) is 11.8 Å². The standard InChI is InChI=1S/C13H22N2O3/c1-8-11(16)14-13(2,3)12(17)15(8)9-6-5-7-10(9)18-4/h8-10H,5-7H2,1-4H3,(H,14,16). The molecule has 0 aromatic rings. The van der Waals surface area contributed by atoms with Gasteiger partial charge in [0.25, 0.3) is 0 Å². The molecule has 102 valence electrons. The van der Waals surface area contributed by atoms with Gasteiger partial charge in [-0.1, -0.05) is 0 Å². The molecule has 0 radical (unpaired) electrons. The third-order valence-corrected chi connectivity index (χ3v) is 4.08. The van der Waals surface area contributed by atoms with Crippen LogP contribution in [-0.2, 0) is 14.3 Å². The van der Waals surface area contributed by atoms with E-state index in [2.05, 4.69) is 5.32 Å². The van der Waals surface area contributed by atoms with Gasteiger partial charge in [0.15, 0.2) is 0 Å². The third-order valence-electron chi connectivity index (χ3n) is 4.08. The van der Waals surface area contributed by atoms with E-state index >= 15 is 0 Å². The van der Waals surface area contributed by atoms with Gasteiger partial charge in [0.05, 0.1) is 12.1 Å². The van der Waals surface area contributed by atoms with Gasteiger partial charge in [0, 0.05) is 7.11 Å². The molecule has 1 saturated heterocycles. The van der Waals surface area contributed by atoms with E-state index in [0.717, 1.165) is 19.3 Å². The number of ether oxygens (including phenoxy) is 1. The lowest BCUT2D eigenvalue weighted by atomic mass is 9.94. The molecule has 1 saturated carbocycles. The number of piperazine rings is 1. The number of carbonyl (C=O) groups is 2. The third kappa shape index (κ3) is 2.00. The number of hydrogen-bond acceptors (Lipinski definition) is 3. The monoisotopic (exact) mass is 254 g/mol. The Hall–Kier alpha value is -1.10.